The van der Waals surface area contributed by atoms with Gasteiger partial charge in [0, 0.05) is 11.3 Å². The van der Waals surface area contributed by atoms with Crippen LogP contribution in [0.25, 0.3) is 6.08 Å². The number of rotatable bonds is 5. The van der Waals surface area contributed by atoms with Crippen LogP contribution in [0.15, 0.2) is 42.0 Å². The Morgan fingerprint density at radius 2 is 1.88 bits per heavy atom. The molecule has 0 spiro atoms. The van der Waals surface area contributed by atoms with E-state index in [1.807, 2.05) is 38.1 Å². The van der Waals surface area contributed by atoms with Crippen molar-refractivity contribution in [2.45, 2.75) is 20.8 Å². The molecule has 0 aromatic heterocycles. The molecule has 25 heavy (non-hydrogen) atoms. The monoisotopic (exact) mass is 336 g/mol. The Balaban J connectivity index is 2.34. The number of aromatic hydroxyl groups is 1. The summed E-state index contributed by atoms with van der Waals surface area (Å²) >= 11 is 0. The molecule has 0 aliphatic carbocycles. The highest BCUT2D eigenvalue weighted by atomic mass is 16.5. The molecule has 5 nitrogen and oxygen atoms in total. The lowest BCUT2D eigenvalue weighted by atomic mass is 10.1. The van der Waals surface area contributed by atoms with Crippen molar-refractivity contribution in [1.29, 1.82) is 5.26 Å². The molecular formula is C20H20N2O3. The van der Waals surface area contributed by atoms with Crippen LogP contribution in [0.5, 0.6) is 11.5 Å². The number of phenolic OH excluding ortho intramolecular Hbond substituents is 1. The Morgan fingerprint density at radius 1 is 1.24 bits per heavy atom. The number of hydrogen-bond donors (Lipinski definition) is 2. The number of anilines is 1. The van der Waals surface area contributed by atoms with E-state index in [1.54, 1.807) is 25.1 Å². The van der Waals surface area contributed by atoms with Gasteiger partial charge in [0.25, 0.3) is 5.91 Å². The predicted octanol–water partition coefficient (Wildman–Crippen LogP) is 3.95. The lowest BCUT2D eigenvalue weighted by molar-refractivity contribution is -0.112. The van der Waals surface area contributed by atoms with Gasteiger partial charge in [0.15, 0.2) is 11.5 Å². The maximum absolute atomic E-state index is 12.5. The van der Waals surface area contributed by atoms with Crippen LogP contribution >= 0.6 is 0 Å². The minimum absolute atomic E-state index is 0.100. The number of benzene rings is 2. The normalized spacial score (nSPS) is 10.9. The number of amides is 1. The highest BCUT2D eigenvalue weighted by Crippen LogP contribution is 2.31. The van der Waals surface area contributed by atoms with Crippen LogP contribution in [0.1, 0.15) is 23.6 Å². The Morgan fingerprint density at radius 3 is 2.48 bits per heavy atom. The first-order valence-electron chi connectivity index (χ1n) is 7.92. The quantitative estimate of drug-likeness (QED) is 0.640. The van der Waals surface area contributed by atoms with Gasteiger partial charge in [0.1, 0.15) is 11.6 Å². The zero-order valence-electron chi connectivity index (χ0n) is 14.5. The van der Waals surface area contributed by atoms with Gasteiger partial charge in [-0.3, -0.25) is 4.79 Å². The van der Waals surface area contributed by atoms with E-state index in [-0.39, 0.29) is 11.3 Å². The average Bonchev–Trinajstić information content (AvgIpc) is 2.59. The van der Waals surface area contributed by atoms with E-state index in [2.05, 4.69) is 5.32 Å². The second-order valence-electron chi connectivity index (χ2n) is 5.52. The van der Waals surface area contributed by atoms with Crippen molar-refractivity contribution in [1.82, 2.24) is 0 Å². The third kappa shape index (κ3) is 4.18. The molecule has 0 atom stereocenters. The van der Waals surface area contributed by atoms with Crippen molar-refractivity contribution >= 4 is 17.7 Å². The third-order valence-corrected chi connectivity index (χ3v) is 3.71. The van der Waals surface area contributed by atoms with Gasteiger partial charge in [-0.15, -0.1) is 0 Å². The second kappa shape index (κ2) is 8.02. The summed E-state index contributed by atoms with van der Waals surface area (Å²) in [6.07, 6.45) is 1.35. The SMILES string of the molecule is CCOc1cccc(/C=C(/C#N)C(=O)Nc2c(C)cccc2C)c1O. The van der Waals surface area contributed by atoms with E-state index in [4.69, 9.17) is 4.74 Å². The average molecular weight is 336 g/mol. The summed E-state index contributed by atoms with van der Waals surface area (Å²) in [6, 6.07) is 12.5. The summed E-state index contributed by atoms with van der Waals surface area (Å²) in [7, 11) is 0. The van der Waals surface area contributed by atoms with Gasteiger partial charge in [0.05, 0.1) is 6.61 Å². The Bertz CT molecular complexity index is 843. The highest BCUT2D eigenvalue weighted by molar-refractivity contribution is 6.10. The molecule has 0 saturated carbocycles. The fourth-order valence-electron chi connectivity index (χ4n) is 2.42. The van der Waals surface area contributed by atoms with E-state index in [0.29, 0.717) is 23.6 Å². The van der Waals surface area contributed by atoms with E-state index in [0.717, 1.165) is 11.1 Å². The van der Waals surface area contributed by atoms with Crippen LogP contribution in [0, 0.1) is 25.2 Å². The minimum Gasteiger partial charge on any atom is -0.504 e. The van der Waals surface area contributed by atoms with Crippen molar-refractivity contribution in [3.63, 3.8) is 0 Å². The standard InChI is InChI=1S/C20H20N2O3/c1-4-25-17-10-6-9-15(19(17)23)11-16(12-21)20(24)22-18-13(2)7-5-8-14(18)3/h5-11,23H,4H2,1-3H3,(H,22,24)/b16-11-. The van der Waals surface area contributed by atoms with E-state index < -0.39 is 5.91 Å². The number of para-hydroxylation sites is 2. The zero-order chi connectivity index (χ0) is 18.4. The van der Waals surface area contributed by atoms with E-state index in [9.17, 15) is 15.2 Å². The predicted molar refractivity (Wildman–Crippen MR) is 97.4 cm³/mol. The molecule has 2 aromatic carbocycles. The molecule has 2 aromatic rings. The van der Waals surface area contributed by atoms with Crippen molar-refractivity contribution < 1.29 is 14.6 Å². The van der Waals surface area contributed by atoms with Crippen molar-refractivity contribution in [2.24, 2.45) is 0 Å². The van der Waals surface area contributed by atoms with Crippen LogP contribution in [-0.4, -0.2) is 17.6 Å². The highest BCUT2D eigenvalue weighted by Gasteiger charge is 2.14. The van der Waals surface area contributed by atoms with Crippen LogP contribution in [0.2, 0.25) is 0 Å². The molecule has 2 N–H and O–H groups in total. The summed E-state index contributed by atoms with van der Waals surface area (Å²) in [4.78, 5) is 12.5. The lowest BCUT2D eigenvalue weighted by Crippen LogP contribution is -2.15. The summed E-state index contributed by atoms with van der Waals surface area (Å²) in [5.74, 6) is -0.318. The molecule has 2 rings (SSSR count). The maximum atomic E-state index is 12.5. The lowest BCUT2D eigenvalue weighted by Gasteiger charge is -2.11. The molecule has 0 unspecified atom stereocenters. The van der Waals surface area contributed by atoms with Crippen molar-refractivity contribution in [3.05, 3.63) is 58.7 Å². The smallest absolute Gasteiger partial charge is 0.266 e. The number of carbonyl (C=O) groups excluding carboxylic acids is 1. The van der Waals surface area contributed by atoms with Crippen LogP contribution in [0.4, 0.5) is 5.69 Å². The van der Waals surface area contributed by atoms with E-state index >= 15 is 0 Å². The van der Waals surface area contributed by atoms with Crippen molar-refractivity contribution in [2.75, 3.05) is 11.9 Å². The molecule has 1 amide bonds. The number of aryl methyl sites for hydroxylation is 2. The Hall–Kier alpha value is -3.26. The molecule has 5 heteroatoms. The number of carbonyl (C=O) groups is 1. The second-order valence-corrected chi connectivity index (χ2v) is 5.52. The summed E-state index contributed by atoms with van der Waals surface area (Å²) in [6.45, 7) is 5.98. The number of nitriles is 1. The maximum Gasteiger partial charge on any atom is 0.266 e. The molecule has 0 radical (unpaired) electrons. The number of ether oxygens (including phenoxy) is 1. The summed E-state index contributed by atoms with van der Waals surface area (Å²) in [5, 5.41) is 22.3. The topological polar surface area (TPSA) is 82.3 Å². The number of phenols is 1. The number of nitrogens with zero attached hydrogens (tertiary/aromatic N) is 1. The molecule has 0 aliphatic heterocycles. The first kappa shape index (κ1) is 18.1. The number of nitrogens with one attached hydrogen (secondary N) is 1. The van der Waals surface area contributed by atoms with Gasteiger partial charge in [-0.25, -0.2) is 0 Å². The molecule has 0 saturated heterocycles. The van der Waals surface area contributed by atoms with Gasteiger partial charge < -0.3 is 15.2 Å². The van der Waals surface area contributed by atoms with Crippen molar-refractivity contribution in [3.8, 4) is 17.6 Å². The zero-order valence-corrected chi connectivity index (χ0v) is 14.5. The fourth-order valence-corrected chi connectivity index (χ4v) is 2.42. The number of hydrogen-bond acceptors (Lipinski definition) is 4. The van der Waals surface area contributed by atoms with Gasteiger partial charge in [-0.05, 0) is 44.0 Å². The summed E-state index contributed by atoms with van der Waals surface area (Å²) < 4.78 is 5.32. The molecule has 0 fully saturated rings. The Labute approximate surface area is 147 Å². The first-order chi connectivity index (χ1) is 12.0. The van der Waals surface area contributed by atoms with Crippen LogP contribution in [0.3, 0.4) is 0 Å². The van der Waals surface area contributed by atoms with Gasteiger partial charge in [-0.1, -0.05) is 30.3 Å². The molecule has 0 bridgehead atoms. The largest absolute Gasteiger partial charge is 0.504 e. The van der Waals surface area contributed by atoms with E-state index in [1.165, 1.54) is 6.08 Å². The minimum atomic E-state index is -0.527. The van der Waals surface area contributed by atoms with Crippen LogP contribution < -0.4 is 10.1 Å². The van der Waals surface area contributed by atoms with Gasteiger partial charge >= 0.3 is 0 Å². The van der Waals surface area contributed by atoms with Gasteiger partial charge in [-0.2, -0.15) is 5.26 Å². The Kier molecular flexibility index (Phi) is 5.80. The molecule has 0 aliphatic rings. The fraction of sp³-hybridized carbons (Fsp3) is 0.200. The molecule has 0 heterocycles. The van der Waals surface area contributed by atoms with Crippen LogP contribution in [-0.2, 0) is 4.79 Å². The molecular weight excluding hydrogens is 316 g/mol. The first-order valence-corrected chi connectivity index (χ1v) is 7.92. The summed E-state index contributed by atoms with van der Waals surface area (Å²) in [5.41, 5.74) is 2.74. The molecule has 128 valence electrons. The van der Waals surface area contributed by atoms with Gasteiger partial charge in [0.2, 0.25) is 0 Å². The third-order valence-electron chi connectivity index (χ3n) is 3.71.